The Labute approximate surface area is 485 Å². The molecule has 3 heterocycles. The summed E-state index contributed by atoms with van der Waals surface area (Å²) in [5.74, 6) is 0.0862. The van der Waals surface area contributed by atoms with Crippen LogP contribution in [0.5, 0.6) is 11.5 Å². The number of ether oxygens (including phenoxy) is 1. The van der Waals surface area contributed by atoms with Crippen molar-refractivity contribution in [2.24, 2.45) is 0 Å². The van der Waals surface area contributed by atoms with Crippen LogP contribution in [0, 0.1) is 23.3 Å². The second kappa shape index (κ2) is 21.5. The van der Waals surface area contributed by atoms with Crippen LogP contribution in [0.2, 0.25) is 0 Å². The van der Waals surface area contributed by atoms with E-state index in [1.165, 1.54) is 85.0 Å². The monoisotopic (exact) mass is 1110 g/mol. The molecule has 0 N–H and O–H groups in total. The normalized spacial score (nSPS) is 15.4. The van der Waals surface area contributed by atoms with Gasteiger partial charge in [0.25, 0.3) is 0 Å². The number of fused-ring (bicyclic) bond motifs is 4. The summed E-state index contributed by atoms with van der Waals surface area (Å²) >= 11 is 0. The summed E-state index contributed by atoms with van der Waals surface area (Å²) in [5, 5.41) is 2.21. The fourth-order valence-electron chi connectivity index (χ4n) is 13.6. The molecule has 0 unspecified atom stereocenters. The van der Waals surface area contributed by atoms with Gasteiger partial charge in [0.05, 0.1) is 28.1 Å². The predicted molar refractivity (Wildman–Crippen MR) is 332 cm³/mol. The van der Waals surface area contributed by atoms with Gasteiger partial charge in [-0.05, 0) is 184 Å². The molecule has 0 spiro atoms. The van der Waals surface area contributed by atoms with E-state index in [1.807, 2.05) is 36.5 Å². The number of benzene rings is 8. The minimum Gasteiger partial charge on any atom is -0.457 e. The lowest BCUT2D eigenvalue weighted by Gasteiger charge is -2.31. The SMILES string of the molecule is CC(C)(C)c1ccnc(-n2c3ccccc3c3ccc(Oc4cc(-c5c(C6CCCCC6)cccc5C5CCCCC5)cc(N5CN(c6c(-c7cc(F)cc(F)c7)cc(C(C)(C)C)cc6-c6cc(F)cc(F)c6)c6ccccc65)c4)cc32)c1. The molecule has 0 saturated heterocycles. The van der Waals surface area contributed by atoms with E-state index >= 15 is 17.6 Å². The highest BCUT2D eigenvalue weighted by Crippen LogP contribution is 2.54. The Hall–Kier alpha value is -8.17. The molecule has 10 aromatic rings. The summed E-state index contributed by atoms with van der Waals surface area (Å²) in [4.78, 5) is 9.37. The number of para-hydroxylation sites is 3. The van der Waals surface area contributed by atoms with Crippen molar-refractivity contribution in [3.63, 3.8) is 0 Å². The number of aromatic nitrogens is 2. The fourth-order valence-corrected chi connectivity index (χ4v) is 13.6. The van der Waals surface area contributed by atoms with E-state index in [0.29, 0.717) is 51.3 Å². The van der Waals surface area contributed by atoms with Crippen molar-refractivity contribution in [3.05, 3.63) is 216 Å². The molecular weight excluding hydrogens is 1040 g/mol. The lowest BCUT2D eigenvalue weighted by molar-refractivity contribution is 0.436. The van der Waals surface area contributed by atoms with Gasteiger partial charge in [-0.15, -0.1) is 0 Å². The molecule has 1 aliphatic heterocycles. The van der Waals surface area contributed by atoms with Gasteiger partial charge in [0.15, 0.2) is 0 Å². The molecule has 2 saturated carbocycles. The summed E-state index contributed by atoms with van der Waals surface area (Å²) in [7, 11) is 0. The van der Waals surface area contributed by atoms with Gasteiger partial charge in [-0.25, -0.2) is 22.5 Å². The zero-order valence-electron chi connectivity index (χ0n) is 48.3. The molecule has 8 aromatic carbocycles. The third-order valence-corrected chi connectivity index (χ3v) is 17.8. The number of pyridine rings is 1. The van der Waals surface area contributed by atoms with Gasteiger partial charge in [-0.1, -0.05) is 129 Å². The van der Waals surface area contributed by atoms with Gasteiger partial charge < -0.3 is 14.5 Å². The van der Waals surface area contributed by atoms with Crippen molar-refractivity contribution in [2.75, 3.05) is 16.5 Å². The standard InChI is InChI=1S/C74H70F4N4O/c1-73(2,3)51-30-31-79-70(40-51)82-66-25-14-13-22-62(66)63-29-28-58(44-69(63)82)83-59-37-50(71-60(46-18-9-7-10-19-46)23-17-24-61(71)47-20-11-8-12-21-47)36-57(43-59)80-45-81(68-27-16-15-26-67(68)80)72-64(48-32-53(75)41-54(76)33-48)38-52(74(4,5)6)39-65(72)49-34-55(77)42-56(78)35-49/h13-17,22-44,46-47H,7-12,18-21,45H2,1-6H3. The second-order valence-electron chi connectivity index (χ2n) is 25.5. The summed E-state index contributed by atoms with van der Waals surface area (Å²) in [6.45, 7) is 13.1. The maximum absolute atomic E-state index is 15.6. The molecule has 0 bridgehead atoms. The lowest BCUT2D eigenvalue weighted by atomic mass is 9.75. The molecule has 83 heavy (non-hydrogen) atoms. The molecule has 5 nitrogen and oxygen atoms in total. The van der Waals surface area contributed by atoms with Crippen LogP contribution in [0.25, 0.3) is 61.0 Å². The molecule has 2 aliphatic carbocycles. The minimum atomic E-state index is -0.730. The zero-order valence-corrected chi connectivity index (χ0v) is 48.3. The fraction of sp³-hybridized carbons (Fsp3) is 0.284. The first-order valence-electron chi connectivity index (χ1n) is 29.7. The molecular formula is C74H70F4N4O. The highest BCUT2D eigenvalue weighted by Gasteiger charge is 2.35. The Morgan fingerprint density at radius 2 is 1.01 bits per heavy atom. The number of hydrogen-bond donors (Lipinski definition) is 0. The van der Waals surface area contributed by atoms with Crippen molar-refractivity contribution in [1.29, 1.82) is 0 Å². The third kappa shape index (κ3) is 10.5. The van der Waals surface area contributed by atoms with Crippen LogP contribution in [-0.2, 0) is 10.8 Å². The van der Waals surface area contributed by atoms with Crippen LogP contribution in [0.4, 0.5) is 40.3 Å². The Morgan fingerprint density at radius 1 is 0.458 bits per heavy atom. The lowest BCUT2D eigenvalue weighted by Crippen LogP contribution is -2.25. The van der Waals surface area contributed by atoms with Crippen LogP contribution in [0.3, 0.4) is 0 Å². The Balaban J connectivity index is 1.02. The molecule has 0 amide bonds. The summed E-state index contributed by atoms with van der Waals surface area (Å²) in [5.41, 5.74) is 13.5. The third-order valence-electron chi connectivity index (χ3n) is 17.8. The largest absolute Gasteiger partial charge is 0.457 e. The van der Waals surface area contributed by atoms with Crippen molar-refractivity contribution < 1.29 is 22.3 Å². The van der Waals surface area contributed by atoms with E-state index < -0.39 is 28.7 Å². The van der Waals surface area contributed by atoms with Crippen molar-refractivity contribution in [2.45, 2.75) is 128 Å². The molecule has 420 valence electrons. The van der Waals surface area contributed by atoms with Crippen molar-refractivity contribution in [3.8, 4) is 50.7 Å². The Morgan fingerprint density at radius 3 is 1.60 bits per heavy atom. The van der Waals surface area contributed by atoms with Gasteiger partial charge >= 0.3 is 0 Å². The summed E-state index contributed by atoms with van der Waals surface area (Å²) < 4.78 is 71.9. The minimum absolute atomic E-state index is 0.0876. The molecule has 13 rings (SSSR count). The first-order chi connectivity index (χ1) is 40.0. The van der Waals surface area contributed by atoms with E-state index in [4.69, 9.17) is 9.72 Å². The molecule has 2 aromatic heterocycles. The molecule has 2 fully saturated rings. The summed E-state index contributed by atoms with van der Waals surface area (Å²) in [6.07, 6.45) is 13.8. The molecule has 0 atom stereocenters. The number of rotatable bonds is 10. The maximum Gasteiger partial charge on any atom is 0.137 e. The molecule has 3 aliphatic rings. The van der Waals surface area contributed by atoms with Gasteiger partial charge in [0.1, 0.15) is 47.3 Å². The van der Waals surface area contributed by atoms with Crippen LogP contribution in [-0.4, -0.2) is 16.2 Å². The number of hydrogen-bond acceptors (Lipinski definition) is 4. The molecule has 0 radical (unpaired) electrons. The van der Waals surface area contributed by atoms with E-state index in [0.717, 1.165) is 93.6 Å². The van der Waals surface area contributed by atoms with Crippen LogP contribution >= 0.6 is 0 Å². The first-order valence-corrected chi connectivity index (χ1v) is 29.7. The first kappa shape index (κ1) is 54.1. The van der Waals surface area contributed by atoms with Crippen LogP contribution in [0.15, 0.2) is 170 Å². The van der Waals surface area contributed by atoms with Crippen LogP contribution in [0.1, 0.15) is 140 Å². The highest BCUT2D eigenvalue weighted by atomic mass is 19.1. The van der Waals surface area contributed by atoms with E-state index in [2.05, 4.69) is 153 Å². The zero-order chi connectivity index (χ0) is 57.3. The second-order valence-corrected chi connectivity index (χ2v) is 25.5. The smallest absolute Gasteiger partial charge is 0.137 e. The van der Waals surface area contributed by atoms with E-state index in [-0.39, 0.29) is 12.1 Å². The van der Waals surface area contributed by atoms with Gasteiger partial charge in [-0.2, -0.15) is 0 Å². The van der Waals surface area contributed by atoms with E-state index in [1.54, 1.807) is 0 Å². The van der Waals surface area contributed by atoms with Gasteiger partial charge in [0, 0.05) is 58.0 Å². The van der Waals surface area contributed by atoms with Gasteiger partial charge in [0.2, 0.25) is 0 Å². The Bertz CT molecular complexity index is 3970. The van der Waals surface area contributed by atoms with Gasteiger partial charge in [-0.3, -0.25) is 4.57 Å². The number of anilines is 4. The van der Waals surface area contributed by atoms with Crippen molar-refractivity contribution >= 4 is 44.6 Å². The maximum atomic E-state index is 15.6. The molecule has 9 heteroatoms. The Kier molecular flexibility index (Phi) is 14.0. The quantitative estimate of drug-likeness (QED) is 0.128. The van der Waals surface area contributed by atoms with Crippen LogP contribution < -0.4 is 14.5 Å². The van der Waals surface area contributed by atoms with Crippen molar-refractivity contribution in [1.82, 2.24) is 9.55 Å². The summed E-state index contributed by atoms with van der Waals surface area (Å²) in [6, 6.07) is 52.0. The topological polar surface area (TPSA) is 33.5 Å². The average Bonchev–Trinajstić information content (AvgIpc) is 4.01. The average molecular weight is 1110 g/mol. The highest BCUT2D eigenvalue weighted by molar-refractivity contribution is 6.09. The van der Waals surface area contributed by atoms with E-state index in [9.17, 15) is 0 Å². The number of nitrogens with zero attached hydrogens (tertiary/aromatic N) is 4. The number of halogens is 4. The predicted octanol–water partition coefficient (Wildman–Crippen LogP) is 21.5.